The summed E-state index contributed by atoms with van der Waals surface area (Å²) in [6.07, 6.45) is 4.24. The van der Waals surface area contributed by atoms with Crippen LogP contribution in [0.1, 0.15) is 44.2 Å². The average molecular weight is 290 g/mol. The van der Waals surface area contributed by atoms with E-state index in [9.17, 15) is 4.79 Å². The zero-order valence-corrected chi connectivity index (χ0v) is 13.0. The lowest BCUT2D eigenvalue weighted by atomic mass is 9.87. The Morgan fingerprint density at radius 1 is 1.29 bits per heavy atom. The van der Waals surface area contributed by atoms with E-state index in [-0.39, 0.29) is 24.1 Å². The minimum absolute atomic E-state index is 0.0676. The summed E-state index contributed by atoms with van der Waals surface area (Å²) in [5, 5.41) is 15.0. The molecule has 0 aromatic heterocycles. The third-order valence-electron chi connectivity index (χ3n) is 4.47. The van der Waals surface area contributed by atoms with Gasteiger partial charge in [-0.2, -0.15) is 0 Å². The lowest BCUT2D eigenvalue weighted by molar-refractivity contribution is 0.222. The summed E-state index contributed by atoms with van der Waals surface area (Å²) in [5.74, 6) is 0. The van der Waals surface area contributed by atoms with Gasteiger partial charge in [0.2, 0.25) is 0 Å². The van der Waals surface area contributed by atoms with Crippen LogP contribution in [0.15, 0.2) is 24.3 Å². The van der Waals surface area contributed by atoms with Gasteiger partial charge in [0.15, 0.2) is 0 Å². The van der Waals surface area contributed by atoms with Crippen molar-refractivity contribution in [1.29, 1.82) is 0 Å². The second-order valence-corrected chi connectivity index (χ2v) is 6.56. The monoisotopic (exact) mass is 290 g/mol. The minimum atomic E-state index is -0.0676. The molecule has 1 aliphatic rings. The van der Waals surface area contributed by atoms with Crippen molar-refractivity contribution in [3.63, 3.8) is 0 Å². The predicted octanol–water partition coefficient (Wildman–Crippen LogP) is 2.60. The number of benzene rings is 1. The maximum Gasteiger partial charge on any atom is 0.315 e. The van der Waals surface area contributed by atoms with Crippen LogP contribution >= 0.6 is 0 Å². The smallest absolute Gasteiger partial charge is 0.315 e. The van der Waals surface area contributed by atoms with Crippen LogP contribution in [0, 0.1) is 5.41 Å². The summed E-state index contributed by atoms with van der Waals surface area (Å²) in [4.78, 5) is 11.9. The lowest BCUT2D eigenvalue weighted by Crippen LogP contribution is -2.46. The summed E-state index contributed by atoms with van der Waals surface area (Å²) < 4.78 is 0. The molecule has 0 aliphatic heterocycles. The number of urea groups is 1. The van der Waals surface area contributed by atoms with E-state index in [0.29, 0.717) is 6.54 Å². The van der Waals surface area contributed by atoms with Gasteiger partial charge in [-0.05, 0) is 35.8 Å². The highest BCUT2D eigenvalue weighted by molar-refractivity contribution is 5.74. The third-order valence-corrected chi connectivity index (χ3v) is 4.47. The van der Waals surface area contributed by atoms with Crippen molar-refractivity contribution < 1.29 is 9.90 Å². The van der Waals surface area contributed by atoms with E-state index in [2.05, 4.69) is 24.5 Å². The highest BCUT2D eigenvalue weighted by atomic mass is 16.3. The normalized spacial score (nSPS) is 20.2. The van der Waals surface area contributed by atoms with E-state index < -0.39 is 0 Å². The first-order valence-corrected chi connectivity index (χ1v) is 7.74. The fourth-order valence-electron chi connectivity index (χ4n) is 2.94. The van der Waals surface area contributed by atoms with Gasteiger partial charge >= 0.3 is 6.03 Å². The molecule has 2 amide bonds. The Kier molecular flexibility index (Phi) is 5.23. The molecule has 0 heterocycles. The Morgan fingerprint density at radius 3 is 2.52 bits per heavy atom. The Morgan fingerprint density at radius 2 is 1.95 bits per heavy atom. The zero-order chi connectivity index (χ0) is 15.3. The van der Waals surface area contributed by atoms with Crippen LogP contribution in [0.5, 0.6) is 0 Å². The van der Waals surface area contributed by atoms with Crippen molar-refractivity contribution in [3.8, 4) is 0 Å². The maximum absolute atomic E-state index is 11.9. The van der Waals surface area contributed by atoms with Crippen LogP contribution in [0.4, 0.5) is 4.79 Å². The van der Waals surface area contributed by atoms with Gasteiger partial charge in [-0.3, -0.25) is 0 Å². The number of hydrogen-bond donors (Lipinski definition) is 3. The molecule has 3 N–H and O–H groups in total. The summed E-state index contributed by atoms with van der Waals surface area (Å²) in [5.41, 5.74) is 2.28. The molecule has 0 saturated heterocycles. The number of rotatable bonds is 5. The van der Waals surface area contributed by atoms with E-state index in [1.165, 1.54) is 12.8 Å². The van der Waals surface area contributed by atoms with Crippen molar-refractivity contribution in [2.24, 2.45) is 5.41 Å². The van der Waals surface area contributed by atoms with Gasteiger partial charge in [0.1, 0.15) is 0 Å². The molecule has 1 fully saturated rings. The molecule has 1 aliphatic carbocycles. The summed E-state index contributed by atoms with van der Waals surface area (Å²) in [7, 11) is 0. The van der Waals surface area contributed by atoms with Crippen molar-refractivity contribution in [2.75, 3.05) is 6.54 Å². The van der Waals surface area contributed by atoms with Crippen LogP contribution < -0.4 is 10.6 Å². The molecule has 0 radical (unpaired) electrons. The molecule has 0 spiro atoms. The first kappa shape index (κ1) is 15.8. The molecule has 116 valence electrons. The number of carbonyl (C=O) groups excluding carboxylic acids is 1. The van der Waals surface area contributed by atoms with Gasteiger partial charge in [0.25, 0.3) is 0 Å². The van der Waals surface area contributed by atoms with Crippen molar-refractivity contribution in [3.05, 3.63) is 35.4 Å². The van der Waals surface area contributed by atoms with Gasteiger partial charge in [0, 0.05) is 12.6 Å². The molecule has 2 rings (SSSR count). The van der Waals surface area contributed by atoms with Gasteiger partial charge in [-0.25, -0.2) is 4.79 Å². The van der Waals surface area contributed by atoms with Gasteiger partial charge < -0.3 is 15.7 Å². The zero-order valence-electron chi connectivity index (χ0n) is 13.0. The number of nitrogens with one attached hydrogen (secondary N) is 2. The summed E-state index contributed by atoms with van der Waals surface area (Å²) >= 11 is 0. The third kappa shape index (κ3) is 4.46. The fourth-order valence-corrected chi connectivity index (χ4v) is 2.94. The minimum Gasteiger partial charge on any atom is -0.392 e. The van der Waals surface area contributed by atoms with E-state index in [0.717, 1.165) is 24.0 Å². The Hall–Kier alpha value is -1.55. The Labute approximate surface area is 126 Å². The maximum atomic E-state index is 11.9. The van der Waals surface area contributed by atoms with E-state index in [1.54, 1.807) is 0 Å². The largest absolute Gasteiger partial charge is 0.392 e. The molecule has 1 saturated carbocycles. The quantitative estimate of drug-likeness (QED) is 0.780. The first-order valence-electron chi connectivity index (χ1n) is 7.74. The van der Waals surface area contributed by atoms with Crippen molar-refractivity contribution >= 4 is 6.03 Å². The predicted molar refractivity (Wildman–Crippen MR) is 84.0 cm³/mol. The van der Waals surface area contributed by atoms with E-state index in [4.69, 9.17) is 5.11 Å². The number of aliphatic hydroxyl groups excluding tert-OH is 1. The topological polar surface area (TPSA) is 61.4 Å². The molecular formula is C17H26N2O2. The molecule has 0 bridgehead atoms. The highest BCUT2D eigenvalue weighted by Crippen LogP contribution is 2.36. The van der Waals surface area contributed by atoms with E-state index >= 15 is 0 Å². The van der Waals surface area contributed by atoms with Crippen LogP contribution in [0.2, 0.25) is 0 Å². The van der Waals surface area contributed by atoms with Crippen molar-refractivity contribution in [1.82, 2.24) is 10.6 Å². The van der Waals surface area contributed by atoms with Crippen molar-refractivity contribution in [2.45, 2.75) is 52.2 Å². The van der Waals surface area contributed by atoms with E-state index in [1.807, 2.05) is 24.3 Å². The Balaban J connectivity index is 1.71. The number of carbonyl (C=O) groups is 1. The number of hydrogen-bond acceptors (Lipinski definition) is 2. The van der Waals surface area contributed by atoms with Gasteiger partial charge in [0.05, 0.1) is 6.61 Å². The molecule has 1 aromatic rings. The number of amides is 2. The molecule has 4 nitrogen and oxygen atoms in total. The second kappa shape index (κ2) is 6.94. The van der Waals surface area contributed by atoms with Crippen LogP contribution in [-0.2, 0) is 13.0 Å². The summed E-state index contributed by atoms with van der Waals surface area (Å²) in [6, 6.07) is 8.02. The van der Waals surface area contributed by atoms with Gasteiger partial charge in [-0.1, -0.05) is 44.5 Å². The number of aliphatic hydroxyl groups is 1. The Bertz CT molecular complexity index is 468. The second-order valence-electron chi connectivity index (χ2n) is 6.56. The molecule has 1 unspecified atom stereocenters. The lowest BCUT2D eigenvalue weighted by Gasteiger charge is -2.27. The molecular weight excluding hydrogens is 264 g/mol. The molecule has 1 atom stereocenters. The molecule has 21 heavy (non-hydrogen) atoms. The first-order chi connectivity index (χ1) is 10.0. The van der Waals surface area contributed by atoms with Crippen LogP contribution in [-0.4, -0.2) is 23.7 Å². The summed E-state index contributed by atoms with van der Waals surface area (Å²) in [6.45, 7) is 5.12. The van der Waals surface area contributed by atoms with Crippen LogP contribution in [0.3, 0.4) is 0 Å². The molecule has 4 heteroatoms. The van der Waals surface area contributed by atoms with Crippen LogP contribution in [0.25, 0.3) is 0 Å². The highest BCUT2D eigenvalue weighted by Gasteiger charge is 2.35. The molecule has 1 aromatic carbocycles. The average Bonchev–Trinajstić information content (AvgIpc) is 2.78. The fraction of sp³-hybridized carbons (Fsp3) is 0.588. The standard InChI is InChI=1S/C17H26N2O2/c1-17(2)10-3-4-15(17)19-16(21)18-11-9-13-5-7-14(12-20)8-6-13/h5-8,15,20H,3-4,9-12H2,1-2H3,(H2,18,19,21). The SMILES string of the molecule is CC1(C)CCCC1NC(=O)NCCc1ccc(CO)cc1. The van der Waals surface area contributed by atoms with Gasteiger partial charge in [-0.15, -0.1) is 0 Å².